The lowest BCUT2D eigenvalue weighted by Gasteiger charge is -2.12. The van der Waals surface area contributed by atoms with E-state index >= 15 is 0 Å². The minimum absolute atomic E-state index is 0.142. The number of anilines is 1. The maximum Gasteiger partial charge on any atom is 0.345 e. The van der Waals surface area contributed by atoms with Crippen LogP contribution in [0.1, 0.15) is 22.8 Å². The molecule has 3 aromatic carbocycles. The van der Waals surface area contributed by atoms with Gasteiger partial charge in [-0.25, -0.2) is 10.2 Å². The molecule has 36 heavy (non-hydrogen) atoms. The summed E-state index contributed by atoms with van der Waals surface area (Å²) in [5.41, 5.74) is 3.14. The molecule has 0 radical (unpaired) electrons. The molecule has 0 aliphatic heterocycles. The van der Waals surface area contributed by atoms with E-state index in [1.807, 2.05) is 0 Å². The number of halogens is 2. The molecule has 2 amide bonds. The number of nitrogens with one attached hydrogen (secondary N) is 2. The molecule has 186 valence electrons. The molecule has 2 N–H and O–H groups in total. The third-order valence-electron chi connectivity index (χ3n) is 4.56. The lowest BCUT2D eigenvalue weighted by Crippen LogP contribution is -2.32. The SMILES string of the molecule is CCOc1cc(C=NNC(=O)C(=O)Nc2ccccc2OC)ccc1OC(=O)c1ccc(Cl)cc1Cl. The second-order valence-electron chi connectivity index (χ2n) is 7.01. The Morgan fingerprint density at radius 2 is 1.72 bits per heavy atom. The van der Waals surface area contributed by atoms with Crippen LogP contribution in [0.2, 0.25) is 10.0 Å². The van der Waals surface area contributed by atoms with Crippen LogP contribution in [0.15, 0.2) is 65.8 Å². The summed E-state index contributed by atoms with van der Waals surface area (Å²) in [7, 11) is 1.45. The first-order valence-electron chi connectivity index (χ1n) is 10.5. The zero-order valence-corrected chi connectivity index (χ0v) is 20.7. The summed E-state index contributed by atoms with van der Waals surface area (Å²) >= 11 is 11.9. The zero-order chi connectivity index (χ0) is 26.1. The predicted molar refractivity (Wildman–Crippen MR) is 136 cm³/mol. The van der Waals surface area contributed by atoms with Crippen LogP contribution < -0.4 is 25.0 Å². The van der Waals surface area contributed by atoms with Crippen molar-refractivity contribution in [1.82, 2.24) is 5.43 Å². The molecule has 0 unspecified atom stereocenters. The molecule has 0 spiro atoms. The van der Waals surface area contributed by atoms with Gasteiger partial charge < -0.3 is 19.5 Å². The second kappa shape index (κ2) is 12.6. The fraction of sp³-hybridized carbons (Fsp3) is 0.120. The van der Waals surface area contributed by atoms with Gasteiger partial charge in [0.2, 0.25) is 0 Å². The average Bonchev–Trinajstić information content (AvgIpc) is 2.85. The van der Waals surface area contributed by atoms with Crippen LogP contribution in [0.4, 0.5) is 5.69 Å². The molecule has 11 heteroatoms. The number of rotatable bonds is 8. The van der Waals surface area contributed by atoms with Crippen molar-refractivity contribution in [3.8, 4) is 17.2 Å². The number of carbonyl (C=O) groups is 3. The van der Waals surface area contributed by atoms with Crippen molar-refractivity contribution in [1.29, 1.82) is 0 Å². The van der Waals surface area contributed by atoms with Gasteiger partial charge in [-0.2, -0.15) is 5.10 Å². The van der Waals surface area contributed by atoms with E-state index in [-0.39, 0.29) is 22.1 Å². The van der Waals surface area contributed by atoms with Gasteiger partial charge in [-0.3, -0.25) is 9.59 Å². The Hall–Kier alpha value is -4.08. The normalized spacial score (nSPS) is 10.6. The van der Waals surface area contributed by atoms with Gasteiger partial charge in [0.05, 0.1) is 36.2 Å². The Morgan fingerprint density at radius 1 is 0.944 bits per heavy atom. The van der Waals surface area contributed by atoms with Crippen LogP contribution in [0.25, 0.3) is 0 Å². The largest absolute Gasteiger partial charge is 0.495 e. The van der Waals surface area contributed by atoms with Crippen molar-refractivity contribution in [3.63, 3.8) is 0 Å². The second-order valence-corrected chi connectivity index (χ2v) is 7.85. The van der Waals surface area contributed by atoms with E-state index in [2.05, 4.69) is 15.8 Å². The van der Waals surface area contributed by atoms with Gasteiger partial charge >= 0.3 is 17.8 Å². The van der Waals surface area contributed by atoms with Crippen LogP contribution in [0.3, 0.4) is 0 Å². The van der Waals surface area contributed by atoms with E-state index in [9.17, 15) is 14.4 Å². The van der Waals surface area contributed by atoms with E-state index < -0.39 is 17.8 Å². The number of hydrogen-bond acceptors (Lipinski definition) is 7. The Balaban J connectivity index is 1.66. The minimum atomic E-state index is -0.979. The number of esters is 1. The molecular formula is C25H21Cl2N3O6. The highest BCUT2D eigenvalue weighted by molar-refractivity contribution is 6.39. The zero-order valence-electron chi connectivity index (χ0n) is 19.2. The van der Waals surface area contributed by atoms with E-state index in [1.54, 1.807) is 43.3 Å². The van der Waals surface area contributed by atoms with Crippen molar-refractivity contribution in [2.45, 2.75) is 6.92 Å². The number of ether oxygens (including phenoxy) is 3. The first-order valence-corrected chi connectivity index (χ1v) is 11.3. The number of carbonyl (C=O) groups excluding carboxylic acids is 3. The molecule has 3 rings (SSSR count). The highest BCUT2D eigenvalue weighted by Gasteiger charge is 2.17. The maximum atomic E-state index is 12.5. The highest BCUT2D eigenvalue weighted by atomic mass is 35.5. The Bertz CT molecular complexity index is 1310. The van der Waals surface area contributed by atoms with E-state index in [1.165, 1.54) is 37.6 Å². The third kappa shape index (κ3) is 6.97. The summed E-state index contributed by atoms with van der Waals surface area (Å²) in [6, 6.07) is 15.7. The van der Waals surface area contributed by atoms with E-state index in [0.717, 1.165) is 0 Å². The van der Waals surface area contributed by atoms with Gasteiger partial charge in [0, 0.05) is 5.02 Å². The van der Waals surface area contributed by atoms with Crippen molar-refractivity contribution in [3.05, 3.63) is 81.8 Å². The molecule has 0 aliphatic rings. The topological polar surface area (TPSA) is 115 Å². The molecule has 0 bridgehead atoms. The molecular weight excluding hydrogens is 509 g/mol. The fourth-order valence-corrected chi connectivity index (χ4v) is 3.40. The van der Waals surface area contributed by atoms with Crippen LogP contribution in [-0.2, 0) is 9.59 Å². The van der Waals surface area contributed by atoms with Gasteiger partial charge in [-0.05, 0) is 61.0 Å². The number of methoxy groups -OCH3 is 1. The van der Waals surface area contributed by atoms with Gasteiger partial charge in [-0.15, -0.1) is 0 Å². The molecule has 0 heterocycles. The van der Waals surface area contributed by atoms with Crippen LogP contribution in [0.5, 0.6) is 17.2 Å². The molecule has 3 aromatic rings. The number of para-hydroxylation sites is 2. The number of benzene rings is 3. The quantitative estimate of drug-likeness (QED) is 0.143. The fourth-order valence-electron chi connectivity index (χ4n) is 2.91. The number of hydrazone groups is 1. The molecule has 9 nitrogen and oxygen atoms in total. The molecule has 0 fully saturated rings. The molecule has 0 atom stereocenters. The minimum Gasteiger partial charge on any atom is -0.495 e. The predicted octanol–water partition coefficient (Wildman–Crippen LogP) is 4.71. The van der Waals surface area contributed by atoms with E-state index in [0.29, 0.717) is 28.6 Å². The first-order chi connectivity index (χ1) is 17.3. The van der Waals surface area contributed by atoms with Crippen LogP contribution >= 0.6 is 23.2 Å². The van der Waals surface area contributed by atoms with Crippen molar-refractivity contribution in [2.24, 2.45) is 5.10 Å². The Kier molecular flexibility index (Phi) is 9.26. The summed E-state index contributed by atoms with van der Waals surface area (Å²) in [4.78, 5) is 36.8. The first kappa shape index (κ1) is 26.5. The summed E-state index contributed by atoms with van der Waals surface area (Å²) in [6.07, 6.45) is 1.30. The summed E-state index contributed by atoms with van der Waals surface area (Å²) in [5, 5.41) is 6.78. The van der Waals surface area contributed by atoms with Gasteiger partial charge in [-0.1, -0.05) is 35.3 Å². The standard InChI is InChI=1S/C25H21Cl2N3O6/c1-3-35-22-12-15(8-11-21(22)36-25(33)17-10-9-16(26)13-18(17)27)14-28-30-24(32)23(31)29-19-6-4-5-7-20(19)34-2/h4-14H,3H2,1-2H3,(H,29,31)(H,30,32). The monoisotopic (exact) mass is 529 g/mol. The van der Waals surface area contributed by atoms with E-state index in [4.69, 9.17) is 37.4 Å². The van der Waals surface area contributed by atoms with Crippen molar-refractivity contribution in [2.75, 3.05) is 19.0 Å². The number of amides is 2. The summed E-state index contributed by atoms with van der Waals surface area (Å²) in [5.74, 6) is -1.76. The molecule has 0 aliphatic carbocycles. The molecule has 0 saturated carbocycles. The van der Waals surface area contributed by atoms with Crippen LogP contribution in [0, 0.1) is 0 Å². The highest BCUT2D eigenvalue weighted by Crippen LogP contribution is 2.30. The Labute approximate surface area is 216 Å². The lowest BCUT2D eigenvalue weighted by molar-refractivity contribution is -0.136. The summed E-state index contributed by atoms with van der Waals surface area (Å²) in [6.45, 7) is 2.07. The van der Waals surface area contributed by atoms with Crippen molar-refractivity contribution >= 4 is 52.9 Å². The average molecular weight is 530 g/mol. The number of nitrogens with zero attached hydrogens (tertiary/aromatic N) is 1. The van der Waals surface area contributed by atoms with Crippen LogP contribution in [-0.4, -0.2) is 37.7 Å². The third-order valence-corrected chi connectivity index (χ3v) is 5.11. The lowest BCUT2D eigenvalue weighted by atomic mass is 10.2. The maximum absolute atomic E-state index is 12.5. The Morgan fingerprint density at radius 3 is 2.44 bits per heavy atom. The van der Waals surface area contributed by atoms with Gasteiger partial charge in [0.25, 0.3) is 0 Å². The molecule has 0 saturated heterocycles. The van der Waals surface area contributed by atoms with Gasteiger partial charge in [0.15, 0.2) is 11.5 Å². The van der Waals surface area contributed by atoms with Crippen molar-refractivity contribution < 1.29 is 28.6 Å². The van der Waals surface area contributed by atoms with Gasteiger partial charge in [0.1, 0.15) is 5.75 Å². The molecule has 0 aromatic heterocycles. The summed E-state index contributed by atoms with van der Waals surface area (Å²) < 4.78 is 16.1. The smallest absolute Gasteiger partial charge is 0.345 e. The number of hydrogen-bond donors (Lipinski definition) is 2.